The first-order valence-electron chi connectivity index (χ1n) is 11.2. The summed E-state index contributed by atoms with van der Waals surface area (Å²) in [5.41, 5.74) is 3.18. The molecular weight excluding hydrogens is 460 g/mol. The third-order valence-corrected chi connectivity index (χ3v) is 6.38. The standard InChI is InChI=1S/C27H26N4O3S/c1-19(32)21-11-8-12-22(17-21)28-25(33)18-35-27-30-29-26(23-13-6-7-14-24(23)34-2)31(27)16-15-20-9-4-3-5-10-20/h3-14,17H,15-16,18H2,1-2H3,(H,28,33). The van der Waals surface area contributed by atoms with E-state index in [9.17, 15) is 9.59 Å². The van der Waals surface area contributed by atoms with Crippen LogP contribution < -0.4 is 10.1 Å². The maximum atomic E-state index is 12.6. The van der Waals surface area contributed by atoms with Crippen LogP contribution in [0.1, 0.15) is 22.8 Å². The Labute approximate surface area is 208 Å². The highest BCUT2D eigenvalue weighted by Crippen LogP contribution is 2.31. The molecule has 0 saturated carbocycles. The maximum Gasteiger partial charge on any atom is 0.234 e. The molecule has 0 aliphatic rings. The minimum atomic E-state index is -0.188. The second-order valence-electron chi connectivity index (χ2n) is 7.87. The van der Waals surface area contributed by atoms with E-state index in [1.807, 2.05) is 47.0 Å². The smallest absolute Gasteiger partial charge is 0.234 e. The number of methoxy groups -OCH3 is 1. The van der Waals surface area contributed by atoms with E-state index in [1.54, 1.807) is 31.4 Å². The summed E-state index contributed by atoms with van der Waals surface area (Å²) in [6.07, 6.45) is 0.790. The molecule has 7 nitrogen and oxygen atoms in total. The summed E-state index contributed by atoms with van der Waals surface area (Å²) >= 11 is 1.32. The summed E-state index contributed by atoms with van der Waals surface area (Å²) in [5.74, 6) is 1.31. The van der Waals surface area contributed by atoms with Crippen molar-refractivity contribution in [3.63, 3.8) is 0 Å². The van der Waals surface area contributed by atoms with Gasteiger partial charge in [0.25, 0.3) is 0 Å². The van der Waals surface area contributed by atoms with Crippen molar-refractivity contribution in [3.8, 4) is 17.1 Å². The second-order valence-corrected chi connectivity index (χ2v) is 8.81. The van der Waals surface area contributed by atoms with Gasteiger partial charge in [0.2, 0.25) is 5.91 Å². The van der Waals surface area contributed by atoms with E-state index in [0.29, 0.717) is 34.5 Å². The van der Waals surface area contributed by atoms with Gasteiger partial charge >= 0.3 is 0 Å². The number of nitrogens with one attached hydrogen (secondary N) is 1. The van der Waals surface area contributed by atoms with Crippen molar-refractivity contribution >= 4 is 29.1 Å². The zero-order chi connectivity index (χ0) is 24.6. The van der Waals surface area contributed by atoms with Crippen molar-refractivity contribution in [2.75, 3.05) is 18.2 Å². The molecule has 178 valence electrons. The molecule has 0 unspecified atom stereocenters. The first-order chi connectivity index (χ1) is 17.0. The fraction of sp³-hybridized carbons (Fsp3) is 0.185. The molecule has 0 radical (unpaired) electrons. The molecule has 0 bridgehead atoms. The highest BCUT2D eigenvalue weighted by atomic mass is 32.2. The number of para-hydroxylation sites is 1. The summed E-state index contributed by atoms with van der Waals surface area (Å²) in [6.45, 7) is 2.15. The average molecular weight is 487 g/mol. The van der Waals surface area contributed by atoms with Crippen molar-refractivity contribution in [1.29, 1.82) is 0 Å². The Kier molecular flexibility index (Phi) is 7.95. The van der Waals surface area contributed by atoms with Crippen LogP contribution >= 0.6 is 11.8 Å². The largest absolute Gasteiger partial charge is 0.496 e. The molecule has 0 aliphatic carbocycles. The van der Waals surface area contributed by atoms with Crippen LogP contribution in [0.2, 0.25) is 0 Å². The Balaban J connectivity index is 1.53. The van der Waals surface area contributed by atoms with Crippen LogP contribution in [0.25, 0.3) is 11.4 Å². The topological polar surface area (TPSA) is 86.1 Å². The minimum absolute atomic E-state index is 0.0501. The first kappa shape index (κ1) is 24.2. The lowest BCUT2D eigenvalue weighted by atomic mass is 10.1. The van der Waals surface area contributed by atoms with Crippen LogP contribution in [0.15, 0.2) is 84.0 Å². The molecule has 1 N–H and O–H groups in total. The zero-order valence-corrected chi connectivity index (χ0v) is 20.4. The van der Waals surface area contributed by atoms with Gasteiger partial charge in [0.1, 0.15) is 5.75 Å². The van der Waals surface area contributed by atoms with Crippen molar-refractivity contribution in [2.24, 2.45) is 0 Å². The summed E-state index contributed by atoms with van der Waals surface area (Å²) in [6, 6.07) is 24.8. The van der Waals surface area contributed by atoms with Gasteiger partial charge in [-0.05, 0) is 43.2 Å². The fourth-order valence-electron chi connectivity index (χ4n) is 3.65. The Morgan fingerprint density at radius 1 is 0.971 bits per heavy atom. The van der Waals surface area contributed by atoms with Crippen LogP contribution in [0.5, 0.6) is 5.75 Å². The fourth-order valence-corrected chi connectivity index (χ4v) is 4.42. The molecule has 4 rings (SSSR count). The lowest BCUT2D eigenvalue weighted by Gasteiger charge is -2.12. The van der Waals surface area contributed by atoms with Crippen molar-refractivity contribution < 1.29 is 14.3 Å². The number of thioether (sulfide) groups is 1. The van der Waals surface area contributed by atoms with Crippen molar-refractivity contribution in [3.05, 3.63) is 90.0 Å². The second kappa shape index (κ2) is 11.5. The van der Waals surface area contributed by atoms with E-state index >= 15 is 0 Å². The van der Waals surface area contributed by atoms with Gasteiger partial charge in [-0.3, -0.25) is 9.59 Å². The molecule has 0 spiro atoms. The lowest BCUT2D eigenvalue weighted by molar-refractivity contribution is -0.113. The molecule has 35 heavy (non-hydrogen) atoms. The van der Waals surface area contributed by atoms with Gasteiger partial charge in [-0.25, -0.2) is 0 Å². The number of aryl methyl sites for hydroxylation is 1. The molecule has 0 saturated heterocycles. The summed E-state index contributed by atoms with van der Waals surface area (Å²) < 4.78 is 7.57. The van der Waals surface area contributed by atoms with Crippen LogP contribution in [0, 0.1) is 0 Å². The number of rotatable bonds is 10. The van der Waals surface area contributed by atoms with Crippen LogP contribution in [0.3, 0.4) is 0 Å². The van der Waals surface area contributed by atoms with E-state index in [-0.39, 0.29) is 17.4 Å². The van der Waals surface area contributed by atoms with Crippen molar-refractivity contribution in [1.82, 2.24) is 14.8 Å². The Hall–Kier alpha value is -3.91. The lowest BCUT2D eigenvalue weighted by Crippen LogP contribution is -2.15. The van der Waals surface area contributed by atoms with E-state index < -0.39 is 0 Å². The number of nitrogens with zero attached hydrogens (tertiary/aromatic N) is 3. The number of carbonyl (C=O) groups excluding carboxylic acids is 2. The van der Waals surface area contributed by atoms with E-state index in [0.717, 1.165) is 12.0 Å². The Morgan fingerprint density at radius 3 is 2.51 bits per heavy atom. The molecule has 0 fully saturated rings. The quantitative estimate of drug-likeness (QED) is 0.247. The number of hydrogen-bond donors (Lipinski definition) is 1. The van der Waals surface area contributed by atoms with Gasteiger partial charge in [-0.1, -0.05) is 66.4 Å². The summed E-state index contributed by atoms with van der Waals surface area (Å²) in [7, 11) is 1.63. The Morgan fingerprint density at radius 2 is 1.74 bits per heavy atom. The molecule has 3 aromatic carbocycles. The van der Waals surface area contributed by atoms with Gasteiger partial charge in [-0.15, -0.1) is 10.2 Å². The third-order valence-electron chi connectivity index (χ3n) is 5.42. The molecule has 1 aromatic heterocycles. The molecule has 4 aromatic rings. The predicted octanol–water partition coefficient (Wildman–Crippen LogP) is 5.13. The molecule has 8 heteroatoms. The molecule has 0 aliphatic heterocycles. The zero-order valence-electron chi connectivity index (χ0n) is 19.6. The number of amides is 1. The van der Waals surface area contributed by atoms with Gasteiger partial charge in [0.15, 0.2) is 16.8 Å². The molecule has 1 heterocycles. The van der Waals surface area contributed by atoms with E-state index in [4.69, 9.17) is 4.74 Å². The SMILES string of the molecule is COc1ccccc1-c1nnc(SCC(=O)Nc2cccc(C(C)=O)c2)n1CCc1ccccc1. The number of ether oxygens (including phenoxy) is 1. The summed E-state index contributed by atoms with van der Waals surface area (Å²) in [5, 5.41) is 12.3. The highest BCUT2D eigenvalue weighted by Gasteiger charge is 2.18. The molecular formula is C27H26N4O3S. The van der Waals surface area contributed by atoms with Gasteiger partial charge < -0.3 is 14.6 Å². The number of Topliss-reactive ketones (excluding diaryl/α,β-unsaturated/α-hetero) is 1. The van der Waals surface area contributed by atoms with Crippen LogP contribution in [0.4, 0.5) is 5.69 Å². The van der Waals surface area contributed by atoms with E-state index in [2.05, 4.69) is 27.6 Å². The predicted molar refractivity (Wildman–Crippen MR) is 138 cm³/mol. The number of ketones is 1. The van der Waals surface area contributed by atoms with Gasteiger partial charge in [-0.2, -0.15) is 0 Å². The monoisotopic (exact) mass is 486 g/mol. The maximum absolute atomic E-state index is 12.6. The third kappa shape index (κ3) is 6.16. The number of aromatic nitrogens is 3. The van der Waals surface area contributed by atoms with Crippen LogP contribution in [-0.4, -0.2) is 39.3 Å². The van der Waals surface area contributed by atoms with Gasteiger partial charge in [0, 0.05) is 17.8 Å². The average Bonchev–Trinajstić information content (AvgIpc) is 3.29. The molecule has 0 atom stereocenters. The number of hydrogen-bond acceptors (Lipinski definition) is 6. The van der Waals surface area contributed by atoms with Gasteiger partial charge in [0.05, 0.1) is 18.4 Å². The Bertz CT molecular complexity index is 1320. The minimum Gasteiger partial charge on any atom is -0.496 e. The number of anilines is 1. The highest BCUT2D eigenvalue weighted by molar-refractivity contribution is 7.99. The summed E-state index contributed by atoms with van der Waals surface area (Å²) in [4.78, 5) is 24.3. The number of carbonyl (C=O) groups is 2. The normalized spacial score (nSPS) is 10.7. The number of benzene rings is 3. The van der Waals surface area contributed by atoms with E-state index in [1.165, 1.54) is 24.2 Å². The first-order valence-corrected chi connectivity index (χ1v) is 12.2. The van der Waals surface area contributed by atoms with Crippen molar-refractivity contribution in [2.45, 2.75) is 25.0 Å². The molecule has 1 amide bonds. The van der Waals surface area contributed by atoms with Crippen LogP contribution in [-0.2, 0) is 17.8 Å².